The molecule has 0 atom stereocenters. The van der Waals surface area contributed by atoms with E-state index in [2.05, 4.69) is 4.98 Å². The summed E-state index contributed by atoms with van der Waals surface area (Å²) < 4.78 is 13.4. The Morgan fingerprint density at radius 2 is 1.80 bits per heavy atom. The van der Waals surface area contributed by atoms with E-state index < -0.39 is 0 Å². The SMILES string of the molecule is Cc1ccc2c(Cl)cc(-c3ccc(F)c(C)c3)nc2c1. The molecule has 0 N–H and O–H groups in total. The maximum Gasteiger partial charge on any atom is 0.126 e. The number of aryl methyl sites for hydroxylation is 2. The molecule has 2 aromatic carbocycles. The number of hydrogen-bond acceptors (Lipinski definition) is 1. The lowest BCUT2D eigenvalue weighted by molar-refractivity contribution is 0.619. The average molecular weight is 286 g/mol. The molecule has 0 amide bonds. The molecule has 0 fully saturated rings. The van der Waals surface area contributed by atoms with Crippen molar-refractivity contribution < 1.29 is 4.39 Å². The first kappa shape index (κ1) is 13.1. The standard InChI is InChI=1S/C17H13ClFN/c1-10-3-5-13-14(18)9-16(20-17(13)7-10)12-4-6-15(19)11(2)8-12/h3-9H,1-2H3. The molecule has 0 radical (unpaired) electrons. The predicted molar refractivity (Wildman–Crippen MR) is 81.6 cm³/mol. The summed E-state index contributed by atoms with van der Waals surface area (Å²) >= 11 is 6.32. The second-order valence-electron chi connectivity index (χ2n) is 4.97. The molecule has 0 saturated heterocycles. The number of fused-ring (bicyclic) bond motifs is 1. The molecule has 0 saturated carbocycles. The van der Waals surface area contributed by atoms with Gasteiger partial charge in [0.1, 0.15) is 5.82 Å². The smallest absolute Gasteiger partial charge is 0.126 e. The van der Waals surface area contributed by atoms with Gasteiger partial charge in [0.15, 0.2) is 0 Å². The maximum absolute atomic E-state index is 13.4. The van der Waals surface area contributed by atoms with Crippen molar-refractivity contribution >= 4 is 22.5 Å². The molecule has 0 aliphatic rings. The summed E-state index contributed by atoms with van der Waals surface area (Å²) in [6, 6.07) is 12.8. The third-order valence-electron chi connectivity index (χ3n) is 3.37. The van der Waals surface area contributed by atoms with Gasteiger partial charge in [-0.2, -0.15) is 0 Å². The van der Waals surface area contributed by atoms with Crippen LogP contribution in [0.1, 0.15) is 11.1 Å². The molecule has 3 rings (SSSR count). The third-order valence-corrected chi connectivity index (χ3v) is 3.68. The summed E-state index contributed by atoms with van der Waals surface area (Å²) in [6.07, 6.45) is 0. The molecule has 0 bridgehead atoms. The van der Waals surface area contributed by atoms with Gasteiger partial charge < -0.3 is 0 Å². The van der Waals surface area contributed by atoms with Crippen LogP contribution in [0.4, 0.5) is 4.39 Å². The normalized spacial score (nSPS) is 11.0. The molecule has 0 unspecified atom stereocenters. The van der Waals surface area contributed by atoms with E-state index in [1.165, 1.54) is 6.07 Å². The van der Waals surface area contributed by atoms with E-state index in [9.17, 15) is 4.39 Å². The van der Waals surface area contributed by atoms with Crippen LogP contribution in [0.2, 0.25) is 5.02 Å². The van der Waals surface area contributed by atoms with Crippen LogP contribution >= 0.6 is 11.6 Å². The minimum Gasteiger partial charge on any atom is -0.248 e. The number of hydrogen-bond donors (Lipinski definition) is 0. The van der Waals surface area contributed by atoms with Crippen molar-refractivity contribution in [1.82, 2.24) is 4.98 Å². The molecular weight excluding hydrogens is 273 g/mol. The number of pyridine rings is 1. The van der Waals surface area contributed by atoms with Gasteiger partial charge in [-0.25, -0.2) is 9.37 Å². The second-order valence-corrected chi connectivity index (χ2v) is 5.38. The molecule has 0 aliphatic carbocycles. The van der Waals surface area contributed by atoms with Crippen molar-refractivity contribution in [2.75, 3.05) is 0 Å². The summed E-state index contributed by atoms with van der Waals surface area (Å²) in [6.45, 7) is 3.76. The third kappa shape index (κ3) is 2.27. The van der Waals surface area contributed by atoms with Crippen molar-refractivity contribution in [3.63, 3.8) is 0 Å². The topological polar surface area (TPSA) is 12.9 Å². The van der Waals surface area contributed by atoms with Gasteiger partial charge in [0, 0.05) is 10.9 Å². The fourth-order valence-corrected chi connectivity index (χ4v) is 2.51. The Hall–Kier alpha value is -1.93. The molecule has 0 spiro atoms. The van der Waals surface area contributed by atoms with Gasteiger partial charge in [0.2, 0.25) is 0 Å². The van der Waals surface area contributed by atoms with Gasteiger partial charge in [-0.05, 0) is 55.3 Å². The highest BCUT2D eigenvalue weighted by Gasteiger charge is 2.08. The van der Waals surface area contributed by atoms with Crippen LogP contribution in [0.25, 0.3) is 22.2 Å². The van der Waals surface area contributed by atoms with E-state index >= 15 is 0 Å². The highest BCUT2D eigenvalue weighted by molar-refractivity contribution is 6.35. The minimum atomic E-state index is -0.212. The minimum absolute atomic E-state index is 0.212. The van der Waals surface area contributed by atoms with Gasteiger partial charge in [-0.3, -0.25) is 0 Å². The Bertz CT molecular complexity index is 811. The van der Waals surface area contributed by atoms with E-state index in [4.69, 9.17) is 11.6 Å². The molecule has 3 aromatic rings. The highest BCUT2D eigenvalue weighted by Crippen LogP contribution is 2.29. The lowest BCUT2D eigenvalue weighted by Crippen LogP contribution is -1.89. The Kier molecular flexibility index (Phi) is 3.19. The maximum atomic E-state index is 13.4. The van der Waals surface area contributed by atoms with Crippen molar-refractivity contribution in [2.24, 2.45) is 0 Å². The fourth-order valence-electron chi connectivity index (χ4n) is 2.25. The fraction of sp³-hybridized carbons (Fsp3) is 0.118. The van der Waals surface area contributed by atoms with Crippen LogP contribution in [0, 0.1) is 19.7 Å². The largest absolute Gasteiger partial charge is 0.248 e. The van der Waals surface area contributed by atoms with Crippen molar-refractivity contribution in [3.05, 3.63) is 64.4 Å². The van der Waals surface area contributed by atoms with Crippen LogP contribution in [-0.4, -0.2) is 4.98 Å². The zero-order chi connectivity index (χ0) is 14.3. The Labute approximate surface area is 122 Å². The second kappa shape index (κ2) is 4.88. The Morgan fingerprint density at radius 1 is 1.00 bits per heavy atom. The van der Waals surface area contributed by atoms with Gasteiger partial charge in [0.25, 0.3) is 0 Å². The van der Waals surface area contributed by atoms with Crippen molar-refractivity contribution in [1.29, 1.82) is 0 Å². The Balaban J connectivity index is 2.23. The lowest BCUT2D eigenvalue weighted by Gasteiger charge is -2.07. The highest BCUT2D eigenvalue weighted by atomic mass is 35.5. The zero-order valence-electron chi connectivity index (χ0n) is 11.2. The van der Waals surface area contributed by atoms with Gasteiger partial charge >= 0.3 is 0 Å². The van der Waals surface area contributed by atoms with E-state index in [0.717, 1.165) is 27.7 Å². The summed E-state index contributed by atoms with van der Waals surface area (Å²) in [5, 5.41) is 1.59. The summed E-state index contributed by atoms with van der Waals surface area (Å²) in [4.78, 5) is 4.63. The number of aromatic nitrogens is 1. The van der Waals surface area contributed by atoms with E-state index in [1.807, 2.05) is 31.2 Å². The van der Waals surface area contributed by atoms with Crippen LogP contribution in [-0.2, 0) is 0 Å². The van der Waals surface area contributed by atoms with Crippen LogP contribution in [0.5, 0.6) is 0 Å². The first-order valence-electron chi connectivity index (χ1n) is 6.38. The van der Waals surface area contributed by atoms with E-state index in [-0.39, 0.29) is 5.82 Å². The number of rotatable bonds is 1. The summed E-state index contributed by atoms with van der Waals surface area (Å²) in [5.74, 6) is -0.212. The molecular formula is C17H13ClFN. The summed E-state index contributed by atoms with van der Waals surface area (Å²) in [7, 11) is 0. The van der Waals surface area contributed by atoms with Gasteiger partial charge in [-0.15, -0.1) is 0 Å². The van der Waals surface area contributed by atoms with Crippen LogP contribution in [0.3, 0.4) is 0 Å². The molecule has 20 heavy (non-hydrogen) atoms. The molecule has 100 valence electrons. The number of nitrogens with zero attached hydrogens (tertiary/aromatic N) is 1. The number of halogens is 2. The van der Waals surface area contributed by atoms with E-state index in [1.54, 1.807) is 19.1 Å². The Morgan fingerprint density at radius 3 is 2.55 bits per heavy atom. The monoisotopic (exact) mass is 285 g/mol. The molecule has 1 aromatic heterocycles. The van der Waals surface area contributed by atoms with Crippen LogP contribution in [0.15, 0.2) is 42.5 Å². The quantitative estimate of drug-likeness (QED) is 0.590. The first-order chi connectivity index (χ1) is 9.54. The predicted octanol–water partition coefficient (Wildman–Crippen LogP) is 5.31. The molecule has 3 heteroatoms. The van der Waals surface area contributed by atoms with Gasteiger partial charge in [0.05, 0.1) is 16.2 Å². The molecule has 1 nitrogen and oxygen atoms in total. The molecule has 1 heterocycles. The number of benzene rings is 2. The average Bonchev–Trinajstić information content (AvgIpc) is 2.41. The first-order valence-corrected chi connectivity index (χ1v) is 6.76. The van der Waals surface area contributed by atoms with E-state index in [0.29, 0.717) is 10.6 Å². The van der Waals surface area contributed by atoms with Gasteiger partial charge in [-0.1, -0.05) is 23.7 Å². The zero-order valence-corrected chi connectivity index (χ0v) is 12.0. The molecule has 0 aliphatic heterocycles. The van der Waals surface area contributed by atoms with Crippen molar-refractivity contribution in [2.45, 2.75) is 13.8 Å². The lowest BCUT2D eigenvalue weighted by atomic mass is 10.1. The van der Waals surface area contributed by atoms with Crippen molar-refractivity contribution in [3.8, 4) is 11.3 Å². The summed E-state index contributed by atoms with van der Waals surface area (Å²) in [5.41, 5.74) is 4.22. The van der Waals surface area contributed by atoms with Crippen LogP contribution < -0.4 is 0 Å².